The van der Waals surface area contributed by atoms with Gasteiger partial charge in [-0.2, -0.15) is 5.26 Å². The molecule has 3 heterocycles. The van der Waals surface area contributed by atoms with Crippen molar-refractivity contribution in [3.05, 3.63) is 41.0 Å². The fourth-order valence-corrected chi connectivity index (χ4v) is 3.63. The number of nitrogens with zero attached hydrogens (tertiary/aromatic N) is 4. The van der Waals surface area contributed by atoms with E-state index in [0.717, 1.165) is 17.0 Å². The predicted molar refractivity (Wildman–Crippen MR) is 112 cm³/mol. The van der Waals surface area contributed by atoms with Gasteiger partial charge < -0.3 is 24.5 Å². The second kappa shape index (κ2) is 9.50. The van der Waals surface area contributed by atoms with Gasteiger partial charge in [0.15, 0.2) is 0 Å². The lowest BCUT2D eigenvalue weighted by Gasteiger charge is -2.34. The number of amides is 3. The lowest BCUT2D eigenvalue weighted by Crippen LogP contribution is -2.53. The molecule has 0 radical (unpaired) electrons. The number of nitriles is 1. The second-order valence-corrected chi connectivity index (χ2v) is 7.36. The molecule has 2 aromatic heterocycles. The zero-order chi connectivity index (χ0) is 21.7. The number of hydrogen-bond acceptors (Lipinski definition) is 5. The molecule has 30 heavy (non-hydrogen) atoms. The summed E-state index contributed by atoms with van der Waals surface area (Å²) in [4.78, 5) is 28.4. The highest BCUT2D eigenvalue weighted by atomic mass is 16.3. The van der Waals surface area contributed by atoms with Crippen LogP contribution >= 0.6 is 0 Å². The Balaban J connectivity index is 1.66. The Morgan fingerprint density at radius 3 is 2.57 bits per heavy atom. The fraction of sp³-hybridized carbons (Fsp3) is 0.476. The molecule has 9 heteroatoms. The number of nitrogens with one attached hydrogen (secondary N) is 2. The van der Waals surface area contributed by atoms with Crippen LogP contribution in [0.3, 0.4) is 0 Å². The van der Waals surface area contributed by atoms with E-state index in [1.165, 1.54) is 0 Å². The van der Waals surface area contributed by atoms with E-state index in [1.807, 2.05) is 42.4 Å². The molecule has 1 saturated heterocycles. The summed E-state index contributed by atoms with van der Waals surface area (Å²) in [6.07, 6.45) is 1.60. The number of carbonyl (C=O) groups is 2. The van der Waals surface area contributed by atoms with Gasteiger partial charge in [-0.15, -0.1) is 0 Å². The molecule has 3 rings (SSSR count). The van der Waals surface area contributed by atoms with Crippen molar-refractivity contribution in [1.82, 2.24) is 19.7 Å². The van der Waals surface area contributed by atoms with E-state index in [9.17, 15) is 14.9 Å². The molecule has 3 amide bonds. The van der Waals surface area contributed by atoms with Crippen LogP contribution in [0.5, 0.6) is 0 Å². The highest BCUT2D eigenvalue weighted by Gasteiger charge is 2.24. The molecule has 0 aromatic carbocycles. The monoisotopic (exact) mass is 412 g/mol. The van der Waals surface area contributed by atoms with Crippen LogP contribution in [-0.2, 0) is 11.3 Å². The minimum atomic E-state index is -0.184. The van der Waals surface area contributed by atoms with Crippen LogP contribution in [0.1, 0.15) is 29.5 Å². The quantitative estimate of drug-likeness (QED) is 0.754. The van der Waals surface area contributed by atoms with Gasteiger partial charge in [-0.1, -0.05) is 0 Å². The van der Waals surface area contributed by atoms with Crippen LogP contribution < -0.4 is 10.6 Å². The Kier molecular flexibility index (Phi) is 6.79. The Morgan fingerprint density at radius 1 is 1.23 bits per heavy atom. The summed E-state index contributed by atoms with van der Waals surface area (Å²) in [6, 6.07) is 5.82. The maximum atomic E-state index is 12.8. The van der Waals surface area contributed by atoms with Crippen LogP contribution in [0.15, 0.2) is 22.8 Å². The molecule has 0 aliphatic carbocycles. The van der Waals surface area contributed by atoms with Crippen molar-refractivity contribution in [1.29, 1.82) is 5.26 Å². The molecular formula is C21H28N6O3. The number of furan rings is 1. The SMILES string of the molecule is CCNC(=O)N1CCN(CC(=O)Nc2c(C#N)c(C)c(C)n2Cc2ccco2)CC1. The van der Waals surface area contributed by atoms with E-state index >= 15 is 0 Å². The van der Waals surface area contributed by atoms with Gasteiger partial charge in [0, 0.05) is 38.4 Å². The molecule has 160 valence electrons. The van der Waals surface area contributed by atoms with Crippen molar-refractivity contribution in [2.75, 3.05) is 44.6 Å². The van der Waals surface area contributed by atoms with Crippen molar-refractivity contribution < 1.29 is 14.0 Å². The zero-order valence-electron chi connectivity index (χ0n) is 17.7. The molecule has 1 fully saturated rings. The van der Waals surface area contributed by atoms with Gasteiger partial charge in [-0.25, -0.2) is 4.79 Å². The Morgan fingerprint density at radius 2 is 1.97 bits per heavy atom. The van der Waals surface area contributed by atoms with Crippen LogP contribution in [-0.4, -0.2) is 65.6 Å². The lowest BCUT2D eigenvalue weighted by molar-refractivity contribution is -0.117. The first-order valence-electron chi connectivity index (χ1n) is 10.1. The first-order valence-corrected chi connectivity index (χ1v) is 10.1. The number of urea groups is 1. The third-order valence-corrected chi connectivity index (χ3v) is 5.45. The van der Waals surface area contributed by atoms with Crippen LogP contribution in [0.2, 0.25) is 0 Å². The third kappa shape index (κ3) is 4.66. The van der Waals surface area contributed by atoms with E-state index in [-0.39, 0.29) is 18.5 Å². The maximum Gasteiger partial charge on any atom is 0.317 e. The molecule has 0 unspecified atom stereocenters. The van der Waals surface area contributed by atoms with Crippen LogP contribution in [0.4, 0.5) is 10.6 Å². The summed E-state index contributed by atoms with van der Waals surface area (Å²) in [7, 11) is 0. The molecule has 2 N–H and O–H groups in total. The van der Waals surface area contributed by atoms with Crippen molar-refractivity contribution in [3.8, 4) is 6.07 Å². The molecule has 0 atom stereocenters. The Hall–Kier alpha value is -3.25. The zero-order valence-corrected chi connectivity index (χ0v) is 17.7. The molecule has 0 spiro atoms. The minimum Gasteiger partial charge on any atom is -0.467 e. The van der Waals surface area contributed by atoms with Crippen molar-refractivity contribution >= 4 is 17.8 Å². The average molecular weight is 412 g/mol. The van der Waals surface area contributed by atoms with E-state index in [4.69, 9.17) is 4.42 Å². The van der Waals surface area contributed by atoms with Crippen LogP contribution in [0, 0.1) is 25.2 Å². The van der Waals surface area contributed by atoms with Gasteiger partial charge in [0.25, 0.3) is 0 Å². The van der Waals surface area contributed by atoms with Gasteiger partial charge in [0.05, 0.1) is 24.9 Å². The highest BCUT2D eigenvalue weighted by Crippen LogP contribution is 2.27. The number of rotatable bonds is 6. The Labute approximate surface area is 176 Å². The maximum absolute atomic E-state index is 12.8. The summed E-state index contributed by atoms with van der Waals surface area (Å²) in [5, 5.41) is 15.4. The third-order valence-electron chi connectivity index (χ3n) is 5.45. The fourth-order valence-electron chi connectivity index (χ4n) is 3.63. The Bertz CT molecular complexity index is 933. The summed E-state index contributed by atoms with van der Waals surface area (Å²) >= 11 is 0. The smallest absolute Gasteiger partial charge is 0.317 e. The number of anilines is 1. The van der Waals surface area contributed by atoms with E-state index in [1.54, 1.807) is 11.2 Å². The van der Waals surface area contributed by atoms with Crippen molar-refractivity contribution in [3.63, 3.8) is 0 Å². The van der Waals surface area contributed by atoms with Gasteiger partial charge >= 0.3 is 6.03 Å². The predicted octanol–water partition coefficient (Wildman–Crippen LogP) is 1.90. The van der Waals surface area contributed by atoms with E-state index in [2.05, 4.69) is 16.7 Å². The summed E-state index contributed by atoms with van der Waals surface area (Å²) in [5.74, 6) is 1.06. The second-order valence-electron chi connectivity index (χ2n) is 7.36. The summed E-state index contributed by atoms with van der Waals surface area (Å²) in [6.45, 7) is 9.34. The normalized spacial score (nSPS) is 14.4. The van der Waals surface area contributed by atoms with Crippen molar-refractivity contribution in [2.45, 2.75) is 27.3 Å². The summed E-state index contributed by atoms with van der Waals surface area (Å²) in [5.41, 5.74) is 2.22. The number of hydrogen-bond donors (Lipinski definition) is 2. The molecular weight excluding hydrogens is 384 g/mol. The first-order chi connectivity index (χ1) is 14.4. The first kappa shape index (κ1) is 21.5. The lowest BCUT2D eigenvalue weighted by atomic mass is 10.2. The molecule has 2 aromatic rings. The number of piperazine rings is 1. The van der Waals surface area contributed by atoms with Crippen LogP contribution in [0.25, 0.3) is 0 Å². The standard InChI is InChI=1S/C21H28N6O3/c1-4-23-21(29)26-9-7-25(8-10-26)14-19(28)24-20-18(12-22)15(2)16(3)27(20)13-17-6-5-11-30-17/h5-6,11H,4,7-10,13-14H2,1-3H3,(H,23,29)(H,24,28). The van der Waals surface area contributed by atoms with Gasteiger partial charge in [0.2, 0.25) is 5.91 Å². The number of carbonyl (C=O) groups excluding carboxylic acids is 2. The molecule has 0 bridgehead atoms. The molecule has 1 aliphatic heterocycles. The summed E-state index contributed by atoms with van der Waals surface area (Å²) < 4.78 is 7.34. The molecule has 1 aliphatic rings. The average Bonchev–Trinajstić information content (AvgIpc) is 3.32. The molecule has 0 saturated carbocycles. The topological polar surface area (TPSA) is 107 Å². The highest BCUT2D eigenvalue weighted by molar-refractivity contribution is 5.93. The molecule has 9 nitrogen and oxygen atoms in total. The number of aromatic nitrogens is 1. The van der Waals surface area contributed by atoms with Gasteiger partial charge in [-0.05, 0) is 38.5 Å². The van der Waals surface area contributed by atoms with Crippen molar-refractivity contribution in [2.24, 2.45) is 0 Å². The largest absolute Gasteiger partial charge is 0.467 e. The van der Waals surface area contributed by atoms with Gasteiger partial charge in [0.1, 0.15) is 17.6 Å². The minimum absolute atomic E-state index is 0.0676. The van der Waals surface area contributed by atoms with E-state index in [0.29, 0.717) is 50.6 Å². The van der Waals surface area contributed by atoms with Gasteiger partial charge in [-0.3, -0.25) is 9.69 Å². The van der Waals surface area contributed by atoms with E-state index < -0.39 is 0 Å².